The second-order valence-corrected chi connectivity index (χ2v) is 9.83. The molecule has 3 N–H and O–H groups in total. The van der Waals surface area contributed by atoms with Gasteiger partial charge in [0.15, 0.2) is 0 Å². The predicted molar refractivity (Wildman–Crippen MR) is 142 cm³/mol. The summed E-state index contributed by atoms with van der Waals surface area (Å²) in [6.45, 7) is 7.53. The standard InChI is InChI=1S/C29H38F2N2O6/c1-5-38-23-17-21(18-24(39-6-2)25(23)20(4)34)19(3)33(27(37)32-28(14-15-28)26(35)36)16-10-13-29(30,31)22-11-8-7-9-12-22/h7-9,11-12,17-20,34H,5-6,10,13-16H2,1-4H3,(H,32,37)(H,35,36)/t19-,20?/m1/s1. The molecule has 214 valence electrons. The molecule has 0 saturated heterocycles. The van der Waals surface area contributed by atoms with Crippen LogP contribution in [0.4, 0.5) is 13.6 Å². The van der Waals surface area contributed by atoms with E-state index in [2.05, 4.69) is 5.32 Å². The summed E-state index contributed by atoms with van der Waals surface area (Å²) in [6, 6.07) is 9.59. The number of carboxylic acids is 1. The van der Waals surface area contributed by atoms with E-state index in [0.29, 0.717) is 48.7 Å². The van der Waals surface area contributed by atoms with Gasteiger partial charge in [0.1, 0.15) is 17.0 Å². The number of nitrogens with zero attached hydrogens (tertiary/aromatic N) is 1. The van der Waals surface area contributed by atoms with E-state index in [1.165, 1.54) is 17.0 Å². The van der Waals surface area contributed by atoms with Crippen molar-refractivity contribution in [1.82, 2.24) is 10.2 Å². The zero-order valence-corrected chi connectivity index (χ0v) is 22.9. The van der Waals surface area contributed by atoms with Crippen LogP contribution in [-0.2, 0) is 10.7 Å². The fraction of sp³-hybridized carbons (Fsp3) is 0.517. The van der Waals surface area contributed by atoms with Gasteiger partial charge in [0.2, 0.25) is 0 Å². The smallest absolute Gasteiger partial charge is 0.329 e. The minimum Gasteiger partial charge on any atom is -0.493 e. The molecule has 3 rings (SSSR count). The fourth-order valence-corrected chi connectivity index (χ4v) is 4.57. The van der Waals surface area contributed by atoms with Crippen molar-refractivity contribution >= 4 is 12.0 Å². The highest BCUT2D eigenvalue weighted by Crippen LogP contribution is 2.40. The molecule has 0 aromatic heterocycles. The van der Waals surface area contributed by atoms with Crippen LogP contribution in [0, 0.1) is 0 Å². The van der Waals surface area contributed by atoms with Crippen molar-refractivity contribution in [3.05, 3.63) is 59.2 Å². The maximum Gasteiger partial charge on any atom is 0.329 e. The van der Waals surface area contributed by atoms with Crippen molar-refractivity contribution in [3.63, 3.8) is 0 Å². The molecule has 1 aliphatic rings. The predicted octanol–water partition coefficient (Wildman–Crippen LogP) is 5.80. The maximum absolute atomic E-state index is 14.9. The van der Waals surface area contributed by atoms with Crippen molar-refractivity contribution < 1.29 is 38.1 Å². The first-order valence-corrected chi connectivity index (χ1v) is 13.3. The third kappa shape index (κ3) is 7.17. The largest absolute Gasteiger partial charge is 0.493 e. The minimum absolute atomic E-state index is 0.0257. The van der Waals surface area contributed by atoms with Crippen LogP contribution in [0.5, 0.6) is 11.5 Å². The van der Waals surface area contributed by atoms with E-state index in [1.807, 2.05) is 0 Å². The summed E-state index contributed by atoms with van der Waals surface area (Å²) in [6.07, 6.45) is -0.805. The van der Waals surface area contributed by atoms with Crippen molar-refractivity contribution in [2.24, 2.45) is 0 Å². The summed E-state index contributed by atoms with van der Waals surface area (Å²) in [7, 11) is 0. The van der Waals surface area contributed by atoms with E-state index in [0.717, 1.165) is 0 Å². The highest BCUT2D eigenvalue weighted by Gasteiger charge is 2.52. The van der Waals surface area contributed by atoms with Crippen LogP contribution >= 0.6 is 0 Å². The number of benzene rings is 2. The van der Waals surface area contributed by atoms with Gasteiger partial charge in [-0.3, -0.25) is 0 Å². The van der Waals surface area contributed by atoms with Crippen LogP contribution < -0.4 is 14.8 Å². The summed E-state index contributed by atoms with van der Waals surface area (Å²) in [5, 5.41) is 22.6. The summed E-state index contributed by atoms with van der Waals surface area (Å²) in [5.41, 5.74) is -0.382. The molecule has 0 spiro atoms. The summed E-state index contributed by atoms with van der Waals surface area (Å²) < 4.78 is 41.3. The highest BCUT2D eigenvalue weighted by atomic mass is 19.3. The Morgan fingerprint density at radius 3 is 2.10 bits per heavy atom. The number of aliphatic carboxylic acids is 1. The minimum atomic E-state index is -3.09. The van der Waals surface area contributed by atoms with E-state index in [9.17, 15) is 28.6 Å². The number of amides is 2. The molecule has 0 aliphatic heterocycles. The van der Waals surface area contributed by atoms with E-state index in [4.69, 9.17) is 9.47 Å². The zero-order chi connectivity index (χ0) is 28.8. The van der Waals surface area contributed by atoms with Crippen LogP contribution in [-0.4, -0.2) is 52.4 Å². The van der Waals surface area contributed by atoms with Gasteiger partial charge in [0, 0.05) is 18.5 Å². The Labute approximate surface area is 227 Å². The lowest BCUT2D eigenvalue weighted by Gasteiger charge is -2.32. The first-order valence-electron chi connectivity index (χ1n) is 13.3. The number of hydrogen-bond donors (Lipinski definition) is 3. The van der Waals surface area contributed by atoms with Gasteiger partial charge in [0.05, 0.1) is 30.9 Å². The Balaban J connectivity index is 1.92. The van der Waals surface area contributed by atoms with Crippen molar-refractivity contribution in [2.45, 2.75) is 77.0 Å². The number of carbonyl (C=O) groups excluding carboxylic acids is 1. The van der Waals surface area contributed by atoms with Crippen molar-refractivity contribution in [1.29, 1.82) is 0 Å². The number of rotatable bonds is 14. The van der Waals surface area contributed by atoms with Crippen molar-refractivity contribution in [3.8, 4) is 11.5 Å². The van der Waals surface area contributed by atoms with Crippen LogP contribution in [0.1, 0.15) is 82.2 Å². The number of aliphatic hydroxyl groups is 1. The fourth-order valence-electron chi connectivity index (χ4n) is 4.57. The first-order chi connectivity index (χ1) is 18.5. The Morgan fingerprint density at radius 2 is 1.64 bits per heavy atom. The molecule has 39 heavy (non-hydrogen) atoms. The van der Waals surface area contributed by atoms with Gasteiger partial charge in [0.25, 0.3) is 5.92 Å². The number of urea groups is 1. The second-order valence-electron chi connectivity index (χ2n) is 9.83. The normalized spacial score (nSPS) is 15.7. The number of carbonyl (C=O) groups is 2. The van der Waals surface area contributed by atoms with Crippen LogP contribution in [0.15, 0.2) is 42.5 Å². The molecular formula is C29H38F2N2O6. The SMILES string of the molecule is CCOc1cc([C@@H](C)N(CCCC(F)(F)c2ccccc2)C(=O)NC2(C(=O)O)CC2)cc(OCC)c1C(C)O. The Kier molecular flexibility index (Phi) is 9.77. The molecule has 2 amide bonds. The number of aliphatic hydroxyl groups excluding tert-OH is 1. The molecule has 1 fully saturated rings. The molecule has 2 aromatic carbocycles. The third-order valence-electron chi connectivity index (χ3n) is 6.95. The van der Waals surface area contributed by atoms with Gasteiger partial charge in [-0.2, -0.15) is 0 Å². The molecule has 1 saturated carbocycles. The number of ether oxygens (including phenoxy) is 2. The monoisotopic (exact) mass is 548 g/mol. The molecule has 0 heterocycles. The number of nitrogens with one attached hydrogen (secondary N) is 1. The quantitative estimate of drug-likeness (QED) is 0.275. The molecule has 2 aromatic rings. The summed E-state index contributed by atoms with van der Waals surface area (Å²) >= 11 is 0. The Bertz CT molecular complexity index is 1110. The summed E-state index contributed by atoms with van der Waals surface area (Å²) in [5.74, 6) is -3.44. The average molecular weight is 549 g/mol. The molecule has 1 unspecified atom stereocenters. The number of alkyl halides is 2. The Hall–Kier alpha value is -3.40. The molecular weight excluding hydrogens is 510 g/mol. The molecule has 8 nitrogen and oxygen atoms in total. The lowest BCUT2D eigenvalue weighted by molar-refractivity contribution is -0.140. The lowest BCUT2D eigenvalue weighted by atomic mass is 9.99. The Morgan fingerprint density at radius 1 is 1.08 bits per heavy atom. The van der Waals surface area contributed by atoms with Gasteiger partial charge in [-0.05, 0) is 64.7 Å². The molecule has 0 radical (unpaired) electrons. The number of hydrogen-bond acceptors (Lipinski definition) is 5. The lowest BCUT2D eigenvalue weighted by Crippen LogP contribution is -2.50. The average Bonchev–Trinajstić information content (AvgIpc) is 3.67. The molecule has 10 heteroatoms. The van der Waals surface area contributed by atoms with Crippen LogP contribution in [0.25, 0.3) is 0 Å². The van der Waals surface area contributed by atoms with E-state index >= 15 is 0 Å². The van der Waals surface area contributed by atoms with Crippen LogP contribution in [0.3, 0.4) is 0 Å². The first kappa shape index (κ1) is 30.1. The van der Waals surface area contributed by atoms with E-state index in [1.54, 1.807) is 58.0 Å². The van der Waals surface area contributed by atoms with E-state index < -0.39 is 42.0 Å². The zero-order valence-electron chi connectivity index (χ0n) is 22.9. The van der Waals surface area contributed by atoms with Crippen molar-refractivity contribution in [2.75, 3.05) is 19.8 Å². The van der Waals surface area contributed by atoms with E-state index in [-0.39, 0.29) is 18.5 Å². The topological polar surface area (TPSA) is 108 Å². The maximum atomic E-state index is 14.9. The van der Waals surface area contributed by atoms with Gasteiger partial charge >= 0.3 is 12.0 Å². The number of halogens is 2. The van der Waals surface area contributed by atoms with Gasteiger partial charge in [-0.25, -0.2) is 18.4 Å². The van der Waals surface area contributed by atoms with Gasteiger partial charge < -0.3 is 29.9 Å². The van der Waals surface area contributed by atoms with Gasteiger partial charge in [-0.1, -0.05) is 30.3 Å². The van der Waals surface area contributed by atoms with Gasteiger partial charge in [-0.15, -0.1) is 0 Å². The van der Waals surface area contributed by atoms with Crippen LogP contribution in [0.2, 0.25) is 0 Å². The molecule has 0 bridgehead atoms. The highest BCUT2D eigenvalue weighted by molar-refractivity contribution is 5.89. The summed E-state index contributed by atoms with van der Waals surface area (Å²) in [4.78, 5) is 26.5. The number of carboxylic acid groups (broad SMARTS) is 1. The molecule has 2 atom stereocenters. The third-order valence-corrected chi connectivity index (χ3v) is 6.95. The second kappa shape index (κ2) is 12.6. The molecule has 1 aliphatic carbocycles.